The Kier molecular flexibility index (Phi) is 1.84. The number of carboxylic acids is 1. The Hall–Kier alpha value is -1.35. The lowest BCUT2D eigenvalue weighted by molar-refractivity contribution is -0.314. The third-order valence-corrected chi connectivity index (χ3v) is 4.82. The van der Waals surface area contributed by atoms with E-state index in [0.29, 0.717) is 6.42 Å². The Labute approximate surface area is 100 Å². The lowest BCUT2D eigenvalue weighted by atomic mass is 9.98. The fraction of sp³-hybridized carbons (Fsp3) is 0.500. The fourth-order valence-electron chi connectivity index (χ4n) is 3.52. The van der Waals surface area contributed by atoms with Crippen LogP contribution in [-0.2, 0) is 15.1 Å². The molecular weight excluding hydrogens is 216 g/mol. The number of hydrogen-bond acceptors (Lipinski definition) is 3. The Balaban J connectivity index is 1.99. The maximum absolute atomic E-state index is 11.2. The monoisotopic (exact) mass is 231 g/mol. The molecule has 2 aliphatic rings. The molecule has 0 heterocycles. The third-order valence-electron chi connectivity index (χ3n) is 4.82. The van der Waals surface area contributed by atoms with E-state index in [1.165, 1.54) is 0 Å². The third kappa shape index (κ3) is 1.03. The summed E-state index contributed by atoms with van der Waals surface area (Å²) in [6, 6.07) is 9.88. The maximum atomic E-state index is 11.2. The van der Waals surface area contributed by atoms with Gasteiger partial charge in [-0.25, -0.2) is 0 Å². The van der Waals surface area contributed by atoms with Crippen molar-refractivity contribution in [2.45, 2.75) is 25.4 Å². The summed E-state index contributed by atoms with van der Waals surface area (Å²) >= 11 is 0. The normalized spacial score (nSPS) is 42.5. The van der Waals surface area contributed by atoms with Gasteiger partial charge in [0.2, 0.25) is 0 Å². The predicted molar refractivity (Wildman–Crippen MR) is 59.9 cm³/mol. The first-order valence-corrected chi connectivity index (χ1v) is 5.85. The van der Waals surface area contributed by atoms with E-state index in [4.69, 9.17) is 4.74 Å². The van der Waals surface area contributed by atoms with Crippen molar-refractivity contribution in [2.75, 3.05) is 7.11 Å². The van der Waals surface area contributed by atoms with Crippen molar-refractivity contribution in [1.29, 1.82) is 0 Å². The van der Waals surface area contributed by atoms with Crippen molar-refractivity contribution < 1.29 is 14.6 Å². The second-order valence-electron chi connectivity index (χ2n) is 5.45. The van der Waals surface area contributed by atoms with Crippen LogP contribution in [0.5, 0.6) is 0 Å². The Bertz CT molecular complexity index is 484. The number of aliphatic carboxylic acids is 1. The highest BCUT2D eigenvalue weighted by Gasteiger charge is 2.87. The minimum atomic E-state index is -0.952. The van der Waals surface area contributed by atoms with Crippen LogP contribution in [0.3, 0.4) is 0 Å². The molecule has 0 bridgehead atoms. The molecule has 0 radical (unpaired) electrons. The summed E-state index contributed by atoms with van der Waals surface area (Å²) < 4.78 is 5.67. The van der Waals surface area contributed by atoms with Gasteiger partial charge in [-0.2, -0.15) is 0 Å². The molecule has 3 nitrogen and oxygen atoms in total. The lowest BCUT2D eigenvalue weighted by Crippen LogP contribution is -2.34. The molecule has 0 aliphatic heterocycles. The molecule has 3 rings (SSSR count). The summed E-state index contributed by atoms with van der Waals surface area (Å²) in [5.41, 5.74) is -0.302. The van der Waals surface area contributed by atoms with Gasteiger partial charge in [0.1, 0.15) is 5.60 Å². The molecule has 0 amide bonds. The van der Waals surface area contributed by atoms with Gasteiger partial charge in [0.25, 0.3) is 0 Å². The van der Waals surface area contributed by atoms with Gasteiger partial charge >= 0.3 is 0 Å². The second kappa shape index (κ2) is 2.91. The van der Waals surface area contributed by atoms with Crippen molar-refractivity contribution >= 4 is 5.97 Å². The summed E-state index contributed by atoms with van der Waals surface area (Å²) in [7, 11) is 1.66. The van der Waals surface area contributed by atoms with Gasteiger partial charge in [0.05, 0.1) is 0 Å². The molecule has 3 heteroatoms. The van der Waals surface area contributed by atoms with Crippen molar-refractivity contribution in [2.24, 2.45) is 10.8 Å². The van der Waals surface area contributed by atoms with Crippen molar-refractivity contribution in [3.63, 3.8) is 0 Å². The number of ether oxygens (including phenoxy) is 1. The summed E-state index contributed by atoms with van der Waals surface area (Å²) in [4.78, 5) is 11.2. The van der Waals surface area contributed by atoms with E-state index in [2.05, 4.69) is 0 Å². The van der Waals surface area contributed by atoms with Crippen LogP contribution in [-0.4, -0.2) is 13.1 Å². The minimum absolute atomic E-state index is 0.241. The van der Waals surface area contributed by atoms with Crippen LogP contribution in [0.2, 0.25) is 0 Å². The van der Waals surface area contributed by atoms with E-state index in [1.807, 2.05) is 30.3 Å². The van der Waals surface area contributed by atoms with E-state index in [1.54, 1.807) is 14.0 Å². The van der Waals surface area contributed by atoms with E-state index >= 15 is 0 Å². The topological polar surface area (TPSA) is 49.4 Å². The van der Waals surface area contributed by atoms with Crippen LogP contribution >= 0.6 is 0 Å². The molecule has 0 saturated heterocycles. The highest BCUT2D eigenvalue weighted by molar-refractivity contribution is 5.80. The molecule has 17 heavy (non-hydrogen) atoms. The lowest BCUT2D eigenvalue weighted by Gasteiger charge is -2.19. The van der Waals surface area contributed by atoms with E-state index in [0.717, 1.165) is 12.0 Å². The van der Waals surface area contributed by atoms with Gasteiger partial charge in [0, 0.05) is 23.9 Å². The summed E-state index contributed by atoms with van der Waals surface area (Å²) in [6.07, 6.45) is 1.44. The average Bonchev–Trinajstić information content (AvgIpc) is 3.18. The summed E-state index contributed by atoms with van der Waals surface area (Å²) in [5.74, 6) is -0.952. The molecule has 0 N–H and O–H groups in total. The molecule has 90 valence electrons. The van der Waals surface area contributed by atoms with Crippen molar-refractivity contribution in [3.8, 4) is 0 Å². The molecule has 3 atom stereocenters. The maximum Gasteiger partial charge on any atom is 0.100 e. The standard InChI is InChI=1S/C14H16O3/c1-12(11(15)16)8-13(12)9-14(13,17-2)10-6-4-3-5-7-10/h3-7H,8-9H2,1-2H3,(H,15,16)/p-1/t12-,13-,14+/m1/s1. The predicted octanol–water partition coefficient (Wildman–Crippen LogP) is 1.08. The van der Waals surface area contributed by atoms with Gasteiger partial charge in [-0.15, -0.1) is 0 Å². The van der Waals surface area contributed by atoms with Gasteiger partial charge in [-0.1, -0.05) is 37.3 Å². The summed E-state index contributed by atoms with van der Waals surface area (Å²) in [5, 5.41) is 11.2. The number of carbonyl (C=O) groups excluding carboxylic acids is 1. The first-order chi connectivity index (χ1) is 8.02. The summed E-state index contributed by atoms with van der Waals surface area (Å²) in [6.45, 7) is 1.77. The highest BCUT2D eigenvalue weighted by atomic mass is 16.5. The first-order valence-electron chi connectivity index (χ1n) is 5.85. The van der Waals surface area contributed by atoms with Gasteiger partial charge in [0.15, 0.2) is 0 Å². The van der Waals surface area contributed by atoms with Crippen LogP contribution in [0.4, 0.5) is 0 Å². The quantitative estimate of drug-likeness (QED) is 0.782. The second-order valence-corrected chi connectivity index (χ2v) is 5.45. The van der Waals surface area contributed by atoms with Crippen LogP contribution in [0.15, 0.2) is 30.3 Å². The Morgan fingerprint density at radius 3 is 2.41 bits per heavy atom. The fourth-order valence-corrected chi connectivity index (χ4v) is 3.52. The molecule has 0 unspecified atom stereocenters. The van der Waals surface area contributed by atoms with Crippen molar-refractivity contribution in [1.82, 2.24) is 0 Å². The number of benzene rings is 1. The zero-order chi connectivity index (χ0) is 12.3. The van der Waals surface area contributed by atoms with E-state index < -0.39 is 17.0 Å². The number of carbonyl (C=O) groups is 1. The van der Waals surface area contributed by atoms with Gasteiger partial charge < -0.3 is 14.6 Å². The minimum Gasteiger partial charge on any atom is -0.550 e. The molecule has 1 spiro atoms. The zero-order valence-corrected chi connectivity index (χ0v) is 10.0. The largest absolute Gasteiger partial charge is 0.550 e. The molecule has 2 saturated carbocycles. The van der Waals surface area contributed by atoms with E-state index in [9.17, 15) is 9.90 Å². The van der Waals surface area contributed by atoms with Crippen LogP contribution in [0.25, 0.3) is 0 Å². The first kappa shape index (κ1) is 10.8. The Morgan fingerprint density at radius 2 is 1.94 bits per heavy atom. The van der Waals surface area contributed by atoms with Crippen LogP contribution in [0, 0.1) is 10.8 Å². The molecular formula is C14H15O3-. The molecule has 1 aromatic carbocycles. The smallest absolute Gasteiger partial charge is 0.100 e. The number of methoxy groups -OCH3 is 1. The number of carboxylic acid groups (broad SMARTS) is 1. The van der Waals surface area contributed by atoms with Gasteiger partial charge in [-0.3, -0.25) is 0 Å². The zero-order valence-electron chi connectivity index (χ0n) is 10.0. The number of rotatable bonds is 3. The van der Waals surface area contributed by atoms with E-state index in [-0.39, 0.29) is 5.41 Å². The molecule has 2 fully saturated rings. The Morgan fingerprint density at radius 1 is 1.29 bits per heavy atom. The van der Waals surface area contributed by atoms with Crippen LogP contribution in [0.1, 0.15) is 25.3 Å². The van der Waals surface area contributed by atoms with Crippen molar-refractivity contribution in [3.05, 3.63) is 35.9 Å². The average molecular weight is 231 g/mol. The van der Waals surface area contributed by atoms with Gasteiger partial charge in [-0.05, 0) is 18.4 Å². The molecule has 2 aliphatic carbocycles. The van der Waals surface area contributed by atoms with Crippen LogP contribution < -0.4 is 5.11 Å². The molecule has 0 aromatic heterocycles. The number of hydrogen-bond donors (Lipinski definition) is 0. The molecule has 1 aromatic rings. The SMILES string of the molecule is CO[C@]1(c2ccccc2)C[C@@]12C[C@]2(C)C(=O)[O-]. The highest BCUT2D eigenvalue weighted by Crippen LogP contribution is 2.87.